The molecule has 1 heterocycles. The van der Waals surface area contributed by atoms with Crippen LogP contribution in [0, 0.1) is 0 Å². The Morgan fingerprint density at radius 1 is 1.05 bits per heavy atom. The molecule has 94 valence electrons. The molecule has 0 fully saturated rings. The molecule has 0 aliphatic carbocycles. The summed E-state index contributed by atoms with van der Waals surface area (Å²) in [6, 6.07) is 15.7. The number of carbonyl (C=O) groups is 1. The molecule has 2 nitrogen and oxygen atoms in total. The average molecular weight is 270 g/mol. The summed E-state index contributed by atoms with van der Waals surface area (Å²) in [6.45, 7) is 0.703. The molecule has 0 atom stereocenters. The maximum absolute atomic E-state index is 11.1. The first-order valence-electron chi connectivity index (χ1n) is 6.06. The molecule has 0 aliphatic rings. The second kappa shape index (κ2) is 4.90. The third kappa shape index (κ3) is 2.15. The monoisotopic (exact) mass is 269 g/mol. The second-order valence-electron chi connectivity index (χ2n) is 4.45. The van der Waals surface area contributed by atoms with Crippen LogP contribution in [0.1, 0.15) is 15.9 Å². The van der Waals surface area contributed by atoms with Crippen molar-refractivity contribution in [2.75, 3.05) is 0 Å². The lowest BCUT2D eigenvalue weighted by molar-refractivity contribution is 0.112. The lowest BCUT2D eigenvalue weighted by Crippen LogP contribution is -1.97. The van der Waals surface area contributed by atoms with Crippen LogP contribution >= 0.6 is 11.6 Å². The molecule has 0 bridgehead atoms. The van der Waals surface area contributed by atoms with Crippen LogP contribution in [0.5, 0.6) is 0 Å². The lowest BCUT2D eigenvalue weighted by Gasteiger charge is -2.06. The van der Waals surface area contributed by atoms with Gasteiger partial charge in [-0.3, -0.25) is 4.79 Å². The van der Waals surface area contributed by atoms with E-state index >= 15 is 0 Å². The topological polar surface area (TPSA) is 22.0 Å². The number of nitrogens with zero attached hydrogens (tertiary/aromatic N) is 1. The van der Waals surface area contributed by atoms with Crippen molar-refractivity contribution in [1.82, 2.24) is 4.57 Å². The number of aromatic nitrogens is 1. The zero-order chi connectivity index (χ0) is 13.2. The van der Waals surface area contributed by atoms with Gasteiger partial charge in [0.25, 0.3) is 0 Å². The number of hydrogen-bond donors (Lipinski definition) is 0. The van der Waals surface area contributed by atoms with Crippen molar-refractivity contribution in [3.05, 3.63) is 70.9 Å². The molecule has 3 heteroatoms. The van der Waals surface area contributed by atoms with E-state index in [1.807, 2.05) is 47.2 Å². The van der Waals surface area contributed by atoms with E-state index in [-0.39, 0.29) is 0 Å². The highest BCUT2D eigenvalue weighted by Gasteiger charge is 2.10. The van der Waals surface area contributed by atoms with E-state index in [2.05, 4.69) is 12.1 Å². The minimum atomic E-state index is 0.668. The molecule has 0 saturated carbocycles. The first-order chi connectivity index (χ1) is 9.29. The Morgan fingerprint density at radius 3 is 2.58 bits per heavy atom. The molecular formula is C16H12ClNO. The van der Waals surface area contributed by atoms with E-state index in [0.29, 0.717) is 17.1 Å². The van der Waals surface area contributed by atoms with Gasteiger partial charge in [-0.15, -0.1) is 0 Å². The number of rotatable bonds is 3. The summed E-state index contributed by atoms with van der Waals surface area (Å²) >= 11 is 6.26. The summed E-state index contributed by atoms with van der Waals surface area (Å²) in [4.78, 5) is 11.1. The molecule has 0 unspecified atom stereocenters. The molecule has 2 aromatic carbocycles. The molecule has 0 N–H and O–H groups in total. The van der Waals surface area contributed by atoms with E-state index in [1.54, 1.807) is 0 Å². The van der Waals surface area contributed by atoms with Gasteiger partial charge in [0.1, 0.15) is 0 Å². The van der Waals surface area contributed by atoms with Crippen LogP contribution in [-0.4, -0.2) is 10.9 Å². The molecule has 0 aliphatic heterocycles. The van der Waals surface area contributed by atoms with Gasteiger partial charge in [0.05, 0.1) is 10.5 Å². The van der Waals surface area contributed by atoms with Gasteiger partial charge in [-0.05, 0) is 11.6 Å². The smallest absolute Gasteiger partial charge is 0.152 e. The first-order valence-corrected chi connectivity index (χ1v) is 6.44. The molecule has 3 rings (SSSR count). The van der Waals surface area contributed by atoms with Gasteiger partial charge in [0, 0.05) is 23.7 Å². The maximum atomic E-state index is 11.1. The van der Waals surface area contributed by atoms with Crippen molar-refractivity contribution in [3.63, 3.8) is 0 Å². The SMILES string of the molecule is O=Cc1cn(Cc2ccccc2)c2c(Cl)cccc12. The quantitative estimate of drug-likeness (QED) is 0.655. The highest BCUT2D eigenvalue weighted by molar-refractivity contribution is 6.35. The van der Waals surface area contributed by atoms with E-state index < -0.39 is 0 Å². The summed E-state index contributed by atoms with van der Waals surface area (Å²) < 4.78 is 2.02. The first kappa shape index (κ1) is 12.0. The Bertz CT molecular complexity index is 731. The number of para-hydroxylation sites is 1. The second-order valence-corrected chi connectivity index (χ2v) is 4.86. The molecule has 3 aromatic rings. The van der Waals surface area contributed by atoms with E-state index in [0.717, 1.165) is 17.2 Å². The number of halogens is 1. The number of fused-ring (bicyclic) bond motifs is 1. The summed E-state index contributed by atoms with van der Waals surface area (Å²) in [5.74, 6) is 0. The molecular weight excluding hydrogens is 258 g/mol. The van der Waals surface area contributed by atoms with Crippen molar-refractivity contribution < 1.29 is 4.79 Å². The number of aldehydes is 1. The summed E-state index contributed by atoms with van der Waals surface area (Å²) in [5.41, 5.74) is 2.76. The maximum Gasteiger partial charge on any atom is 0.152 e. The van der Waals surface area contributed by atoms with Gasteiger partial charge in [0.2, 0.25) is 0 Å². The van der Waals surface area contributed by atoms with Gasteiger partial charge in [-0.1, -0.05) is 54.1 Å². The van der Waals surface area contributed by atoms with Crippen molar-refractivity contribution in [1.29, 1.82) is 0 Å². The molecule has 0 radical (unpaired) electrons. The Balaban J connectivity index is 2.16. The van der Waals surface area contributed by atoms with Crippen molar-refractivity contribution >= 4 is 28.8 Å². The van der Waals surface area contributed by atoms with E-state index in [1.165, 1.54) is 5.56 Å². The minimum Gasteiger partial charge on any atom is -0.341 e. The predicted molar refractivity (Wildman–Crippen MR) is 77.9 cm³/mol. The molecule has 19 heavy (non-hydrogen) atoms. The van der Waals surface area contributed by atoms with Crippen LogP contribution < -0.4 is 0 Å². The van der Waals surface area contributed by atoms with Gasteiger partial charge < -0.3 is 4.57 Å². The summed E-state index contributed by atoms with van der Waals surface area (Å²) in [6.07, 6.45) is 2.73. The fourth-order valence-electron chi connectivity index (χ4n) is 2.34. The van der Waals surface area contributed by atoms with Crippen LogP contribution in [0.3, 0.4) is 0 Å². The normalized spacial score (nSPS) is 10.8. The largest absolute Gasteiger partial charge is 0.341 e. The number of carbonyl (C=O) groups excluding carboxylic acids is 1. The standard InChI is InChI=1S/C16H12ClNO/c17-15-8-4-7-14-13(11-19)10-18(16(14)15)9-12-5-2-1-3-6-12/h1-8,10-11H,9H2. The van der Waals surface area contributed by atoms with Gasteiger partial charge in [-0.2, -0.15) is 0 Å². The highest BCUT2D eigenvalue weighted by atomic mass is 35.5. The highest BCUT2D eigenvalue weighted by Crippen LogP contribution is 2.27. The fraction of sp³-hybridized carbons (Fsp3) is 0.0625. The fourth-order valence-corrected chi connectivity index (χ4v) is 2.62. The third-order valence-electron chi connectivity index (χ3n) is 3.20. The van der Waals surface area contributed by atoms with Gasteiger partial charge in [0.15, 0.2) is 6.29 Å². The molecule has 0 amide bonds. The van der Waals surface area contributed by atoms with E-state index in [9.17, 15) is 4.79 Å². The van der Waals surface area contributed by atoms with Gasteiger partial charge >= 0.3 is 0 Å². The van der Waals surface area contributed by atoms with Crippen LogP contribution in [0.2, 0.25) is 5.02 Å². The average Bonchev–Trinajstić information content (AvgIpc) is 2.79. The van der Waals surface area contributed by atoms with Crippen LogP contribution in [0.15, 0.2) is 54.7 Å². The van der Waals surface area contributed by atoms with Crippen LogP contribution in [0.4, 0.5) is 0 Å². The van der Waals surface area contributed by atoms with Crippen molar-refractivity contribution in [2.24, 2.45) is 0 Å². The van der Waals surface area contributed by atoms with Crippen molar-refractivity contribution in [3.8, 4) is 0 Å². The van der Waals surface area contributed by atoms with Crippen LogP contribution in [-0.2, 0) is 6.54 Å². The van der Waals surface area contributed by atoms with Gasteiger partial charge in [-0.25, -0.2) is 0 Å². The number of benzene rings is 2. The summed E-state index contributed by atoms with van der Waals surface area (Å²) in [5, 5.41) is 1.57. The van der Waals surface area contributed by atoms with Crippen molar-refractivity contribution in [2.45, 2.75) is 6.54 Å². The number of hydrogen-bond acceptors (Lipinski definition) is 1. The molecule has 0 saturated heterocycles. The minimum absolute atomic E-state index is 0.668. The zero-order valence-electron chi connectivity index (χ0n) is 10.2. The lowest BCUT2D eigenvalue weighted by atomic mass is 10.2. The van der Waals surface area contributed by atoms with E-state index in [4.69, 9.17) is 11.6 Å². The zero-order valence-corrected chi connectivity index (χ0v) is 11.0. The Morgan fingerprint density at radius 2 is 1.84 bits per heavy atom. The molecule has 0 spiro atoms. The third-order valence-corrected chi connectivity index (χ3v) is 3.51. The Kier molecular flexibility index (Phi) is 3.10. The Labute approximate surface area is 116 Å². The predicted octanol–water partition coefficient (Wildman–Crippen LogP) is 4.16. The molecule has 1 aromatic heterocycles. The Hall–Kier alpha value is -2.06. The van der Waals surface area contributed by atoms with Crippen LogP contribution in [0.25, 0.3) is 10.9 Å². The summed E-state index contributed by atoms with van der Waals surface area (Å²) in [7, 11) is 0.